The molecular formula is C84H96N4O12. The Kier molecular flexibility index (Phi) is 18.9. The number of hydrogen-bond donors (Lipinski definition) is 4. The van der Waals surface area contributed by atoms with Crippen LogP contribution in [0.4, 0.5) is 0 Å². The van der Waals surface area contributed by atoms with E-state index in [1.165, 1.54) is 38.5 Å². The van der Waals surface area contributed by atoms with Gasteiger partial charge in [-0.1, -0.05) is 123 Å². The van der Waals surface area contributed by atoms with Crippen molar-refractivity contribution in [3.63, 3.8) is 0 Å². The zero-order valence-electron chi connectivity index (χ0n) is 58.2. The number of carbonyl (C=O) groups excluding carboxylic acids is 4. The Labute approximate surface area is 585 Å². The largest absolute Gasteiger partial charge is 0.496 e. The second kappa shape index (κ2) is 27.9. The number of rotatable bonds is 18. The molecule has 16 nitrogen and oxygen atoms in total. The molecule has 18 rings (SSSR count). The molecule has 4 N–H and O–H groups in total. The van der Waals surface area contributed by atoms with Crippen LogP contribution in [-0.4, -0.2) is 117 Å². The summed E-state index contributed by atoms with van der Waals surface area (Å²) >= 11 is 0. The fourth-order valence-corrected chi connectivity index (χ4v) is 21.5. The third-order valence-corrected chi connectivity index (χ3v) is 25.1. The highest BCUT2D eigenvalue weighted by Crippen LogP contribution is 2.63. The number of hydrogen-bond acceptors (Lipinski definition) is 12. The van der Waals surface area contributed by atoms with Gasteiger partial charge >= 0.3 is 0 Å². The van der Waals surface area contributed by atoms with E-state index in [1.807, 2.05) is 146 Å². The molecule has 0 saturated heterocycles. The molecule has 0 aliphatic heterocycles. The van der Waals surface area contributed by atoms with Crippen LogP contribution in [-0.2, 0) is 19.2 Å². The topological polar surface area (TPSA) is 199 Å². The van der Waals surface area contributed by atoms with Crippen LogP contribution >= 0.6 is 0 Å². The van der Waals surface area contributed by atoms with Gasteiger partial charge in [0, 0.05) is 35.1 Å². The molecule has 8 aromatic rings. The first-order valence-corrected chi connectivity index (χ1v) is 36.8. The van der Waals surface area contributed by atoms with Crippen molar-refractivity contribution < 1.29 is 59.0 Å². The summed E-state index contributed by atoms with van der Waals surface area (Å²) in [5.74, 6) is 2.52. The summed E-state index contributed by atoms with van der Waals surface area (Å²) < 4.78 is 23.9. The van der Waals surface area contributed by atoms with Crippen LogP contribution in [0.5, 0.6) is 23.0 Å². The van der Waals surface area contributed by atoms with Crippen LogP contribution in [0.25, 0.3) is 43.1 Å². The van der Waals surface area contributed by atoms with Crippen molar-refractivity contribution in [3.05, 3.63) is 168 Å². The molecule has 10 aliphatic rings. The fourth-order valence-electron chi connectivity index (χ4n) is 21.5. The van der Waals surface area contributed by atoms with Gasteiger partial charge in [-0.2, -0.15) is 0 Å². The van der Waals surface area contributed by atoms with Gasteiger partial charge in [-0.15, -0.1) is 0 Å². The zero-order valence-corrected chi connectivity index (χ0v) is 58.2. The van der Waals surface area contributed by atoms with Gasteiger partial charge in [0.15, 0.2) is 0 Å². The van der Waals surface area contributed by atoms with Crippen molar-refractivity contribution in [2.24, 2.45) is 46.3 Å². The molecule has 10 fully saturated rings. The van der Waals surface area contributed by atoms with Crippen molar-refractivity contribution in [3.8, 4) is 23.0 Å². The lowest BCUT2D eigenvalue weighted by Gasteiger charge is -2.57. The molecule has 10 saturated carbocycles. The van der Waals surface area contributed by atoms with Crippen molar-refractivity contribution in [2.75, 3.05) is 28.4 Å². The molecule has 4 amide bonds. The smallest absolute Gasteiger partial charge is 0.258 e. The monoisotopic (exact) mass is 1350 g/mol. The van der Waals surface area contributed by atoms with Crippen LogP contribution in [0.1, 0.15) is 175 Å². The van der Waals surface area contributed by atoms with E-state index in [2.05, 4.69) is 0 Å². The van der Waals surface area contributed by atoms with Crippen molar-refractivity contribution in [1.29, 1.82) is 0 Å². The first-order valence-electron chi connectivity index (χ1n) is 36.8. The van der Waals surface area contributed by atoms with Crippen LogP contribution in [0.15, 0.2) is 146 Å². The molecule has 2 unspecified atom stereocenters. The van der Waals surface area contributed by atoms with Crippen molar-refractivity contribution in [2.45, 2.75) is 177 Å². The van der Waals surface area contributed by atoms with E-state index in [-0.39, 0.29) is 22.6 Å². The lowest BCUT2D eigenvalue weighted by Crippen LogP contribution is -2.57. The van der Waals surface area contributed by atoms with E-state index < -0.39 is 47.8 Å². The molecule has 10 aliphatic carbocycles. The van der Waals surface area contributed by atoms with Gasteiger partial charge in [-0.05, 0) is 241 Å². The minimum Gasteiger partial charge on any atom is -0.496 e. The SMILES string of the molecule is COc1cc2ccccc2cc1C(C(=O)N(O)C1CCCC[C@H]1N(O)C(=O)C(c1cc2ccccc2cc1OC)c1cc2ccccc2cc1OC)c1cc2ccccc2cc1OC.O=C(CC12CC3CC(CC(C3)C1)C2)N(O)C1CCCC[C@H]1N(O)C(=O)CC12CC3CC(CC(C3)C1)C2. The molecule has 8 bridgehead atoms. The second-order valence-electron chi connectivity index (χ2n) is 31.5. The quantitative estimate of drug-likeness (QED) is 0.0469. The molecule has 16 heteroatoms. The third-order valence-electron chi connectivity index (χ3n) is 25.1. The summed E-state index contributed by atoms with van der Waals surface area (Å²) in [5, 5.41) is 57.9. The van der Waals surface area contributed by atoms with E-state index >= 15 is 9.59 Å². The van der Waals surface area contributed by atoms with Gasteiger partial charge in [0.25, 0.3) is 11.8 Å². The van der Waals surface area contributed by atoms with Crippen LogP contribution in [0, 0.1) is 46.3 Å². The Morgan fingerprint density at radius 2 is 0.560 bits per heavy atom. The molecule has 4 atom stereocenters. The first-order chi connectivity index (χ1) is 48.5. The number of carbonyl (C=O) groups is 4. The number of nitrogens with zero attached hydrogens (tertiary/aromatic N) is 4. The number of ether oxygens (including phenoxy) is 4. The zero-order chi connectivity index (χ0) is 69.1. The molecule has 8 aromatic carbocycles. The lowest BCUT2D eigenvalue weighted by atomic mass is 9.49. The Bertz CT molecular complexity index is 3880. The second-order valence-corrected chi connectivity index (χ2v) is 31.5. The highest BCUT2D eigenvalue weighted by Gasteiger charge is 2.55. The van der Waals surface area contributed by atoms with Crippen LogP contribution in [0.2, 0.25) is 0 Å². The van der Waals surface area contributed by atoms with E-state index in [0.29, 0.717) is 96.6 Å². The first kappa shape index (κ1) is 67.5. The molecule has 0 heterocycles. The Balaban J connectivity index is 0.000000189. The maximum Gasteiger partial charge on any atom is 0.258 e. The Morgan fingerprint density at radius 3 is 0.780 bits per heavy atom. The summed E-state index contributed by atoms with van der Waals surface area (Å²) in [6, 6.07) is 43.5. The van der Waals surface area contributed by atoms with Gasteiger partial charge in [0.1, 0.15) is 23.0 Å². The highest BCUT2D eigenvalue weighted by molar-refractivity contribution is 5.97. The maximum absolute atomic E-state index is 15.4. The average molecular weight is 1350 g/mol. The van der Waals surface area contributed by atoms with E-state index in [0.717, 1.165) is 150 Å². The van der Waals surface area contributed by atoms with E-state index in [4.69, 9.17) is 18.9 Å². The lowest BCUT2D eigenvalue weighted by molar-refractivity contribution is -0.218. The number of hydroxylamine groups is 8. The number of fused-ring (bicyclic) bond motifs is 4. The minimum absolute atomic E-state index is 0.0736. The summed E-state index contributed by atoms with van der Waals surface area (Å²) in [6.07, 6.45) is 20.8. The molecule has 524 valence electrons. The number of amides is 4. The summed E-state index contributed by atoms with van der Waals surface area (Å²) in [4.78, 5) is 57.8. The molecule has 0 radical (unpaired) electrons. The predicted octanol–water partition coefficient (Wildman–Crippen LogP) is 17.0. The van der Waals surface area contributed by atoms with Crippen LogP contribution < -0.4 is 18.9 Å². The molecule has 0 aromatic heterocycles. The van der Waals surface area contributed by atoms with Gasteiger partial charge in [-0.3, -0.25) is 40.0 Å². The standard InChI is InChI=1S/C54H50N2O8.C30H46N2O4/c1-61-47-29-37-19-9-5-15-33(37)25-41(47)51(42-26-34-16-6-10-20-38(34)30-48(42)62-2)53(57)55(59)45-23-13-14-24-46(45)56(60)54(58)52(43-27-35-17-7-11-21-39(35)31-49(43)63-3)44-28-36-18-8-12-22-40(36)32-50(44)64-4;33-27(17-29-11-19-5-20(12-29)7-21(6-19)13-29)31(35)25-3-1-2-4-26(25)32(36)28(34)18-30-14-22-8-23(15-30)10-24(9-22)16-30/h5-12,15-22,25-32,45-46,51-52,59-60H,13-14,23-24H2,1-4H3;19-26,35-36H,1-18H2/t45-,46?;19?,20?,21?,22?,23?,24?,25-,26?,29?,30?/m11/s1. The van der Waals surface area contributed by atoms with Crippen LogP contribution in [0.3, 0.4) is 0 Å². The summed E-state index contributed by atoms with van der Waals surface area (Å²) in [5.41, 5.74) is 2.24. The van der Waals surface area contributed by atoms with E-state index in [9.17, 15) is 30.4 Å². The van der Waals surface area contributed by atoms with Gasteiger partial charge < -0.3 is 18.9 Å². The van der Waals surface area contributed by atoms with Gasteiger partial charge in [0.2, 0.25) is 11.8 Å². The number of benzene rings is 8. The maximum atomic E-state index is 15.4. The number of methoxy groups -OCH3 is 4. The van der Waals surface area contributed by atoms with Gasteiger partial charge in [-0.25, -0.2) is 20.3 Å². The highest BCUT2D eigenvalue weighted by atomic mass is 16.5. The van der Waals surface area contributed by atoms with Crippen molar-refractivity contribution >= 4 is 66.7 Å². The summed E-state index contributed by atoms with van der Waals surface area (Å²) in [7, 11) is 6.23. The summed E-state index contributed by atoms with van der Waals surface area (Å²) in [6.45, 7) is 0. The van der Waals surface area contributed by atoms with Gasteiger partial charge in [0.05, 0.1) is 64.4 Å². The third kappa shape index (κ3) is 12.9. The Morgan fingerprint density at radius 1 is 0.350 bits per heavy atom. The molecule has 0 spiro atoms. The molecule has 100 heavy (non-hydrogen) atoms. The Hall–Kier alpha value is -8.28. The molecular weight excluding hydrogens is 1260 g/mol. The minimum atomic E-state index is -1.12. The average Bonchev–Trinajstić information content (AvgIpc) is 0.765. The predicted molar refractivity (Wildman–Crippen MR) is 383 cm³/mol. The normalized spacial score (nSPS) is 27.1. The van der Waals surface area contributed by atoms with E-state index in [1.54, 1.807) is 28.4 Å². The van der Waals surface area contributed by atoms with Crippen molar-refractivity contribution in [1.82, 2.24) is 20.3 Å². The fraction of sp³-hybridized carbons (Fsp3) is 0.476.